The van der Waals surface area contributed by atoms with Gasteiger partial charge in [0.15, 0.2) is 0 Å². The van der Waals surface area contributed by atoms with Crippen LogP contribution in [0.25, 0.3) is 86.3 Å². The summed E-state index contributed by atoms with van der Waals surface area (Å²) < 4.78 is 6.80. The van der Waals surface area contributed by atoms with Gasteiger partial charge in [-0.05, 0) is 65.7 Å². The zero-order valence-electron chi connectivity index (χ0n) is 29.8. The van der Waals surface area contributed by atoms with Crippen LogP contribution < -0.4 is 4.90 Å². The quantitative estimate of drug-likeness (QED) is 0.169. The second kappa shape index (κ2) is 11.6. The number of carbonyl (C=O) groups excluding carboxylic acids is 2. The van der Waals surface area contributed by atoms with Gasteiger partial charge in [-0.25, -0.2) is 4.90 Å². The molecular weight excluding hydrogens is 707 g/mol. The number of carbonyl (C=O) groups is 2. The van der Waals surface area contributed by atoms with E-state index >= 15 is 9.59 Å². The Hall–Kier alpha value is -7.28. The molecule has 0 atom stereocenters. The Morgan fingerprint density at radius 3 is 1.45 bits per heavy atom. The number of para-hydroxylation sites is 4. The Labute approximate surface area is 324 Å². The van der Waals surface area contributed by atoms with Crippen molar-refractivity contribution in [2.75, 3.05) is 4.90 Å². The Bertz CT molecular complexity index is 3300. The highest BCUT2D eigenvalue weighted by molar-refractivity contribution is 7.26. The summed E-state index contributed by atoms with van der Waals surface area (Å²) in [6.45, 7) is 0. The lowest BCUT2D eigenvalue weighted by Crippen LogP contribution is -2.29. The largest absolute Gasteiger partial charge is 0.308 e. The third kappa shape index (κ3) is 4.13. The molecule has 0 fully saturated rings. The Morgan fingerprint density at radius 2 is 0.875 bits per heavy atom. The van der Waals surface area contributed by atoms with Gasteiger partial charge in [0, 0.05) is 53.1 Å². The second-order valence-electron chi connectivity index (χ2n) is 14.3. The molecule has 11 aromatic rings. The van der Waals surface area contributed by atoms with Crippen LogP contribution in [0, 0.1) is 0 Å². The first-order valence-electron chi connectivity index (χ1n) is 18.7. The fourth-order valence-corrected chi connectivity index (χ4v) is 10.4. The van der Waals surface area contributed by atoms with Gasteiger partial charge in [-0.1, -0.05) is 121 Å². The number of benzene rings is 8. The van der Waals surface area contributed by atoms with Crippen molar-refractivity contribution >= 4 is 92.6 Å². The molecule has 1 aliphatic heterocycles. The lowest BCUT2D eigenvalue weighted by atomic mass is 9.98. The van der Waals surface area contributed by atoms with Crippen LogP contribution in [0.1, 0.15) is 20.7 Å². The first-order chi connectivity index (χ1) is 27.7. The average molecular weight is 736 g/mol. The minimum Gasteiger partial charge on any atom is -0.308 e. The standard InChI is InChI=1S/C50H29N3O2S/c54-49-44-45(50(55)53(49)33-28-26-30(27-29-33)34-21-13-22-36-35-18-9-12-25-41(35)56-48(34)36)47-43(38-20-8-11-24-40(38)52(47)32-16-5-2-6-17-32)42-37-19-7-10-23-39(37)51(46(42)44)31-14-3-1-4-15-31/h1-29H. The van der Waals surface area contributed by atoms with Crippen LogP contribution in [0.4, 0.5) is 5.69 Å². The third-order valence-corrected chi connectivity index (χ3v) is 12.6. The van der Waals surface area contributed by atoms with Crippen LogP contribution in [0.5, 0.6) is 0 Å². The lowest BCUT2D eigenvalue weighted by molar-refractivity contribution is 0.0927. The van der Waals surface area contributed by atoms with Gasteiger partial charge < -0.3 is 9.13 Å². The molecule has 5 nitrogen and oxygen atoms in total. The molecule has 3 aromatic heterocycles. The summed E-state index contributed by atoms with van der Waals surface area (Å²) in [5.41, 5.74) is 8.78. The molecule has 0 saturated carbocycles. The summed E-state index contributed by atoms with van der Waals surface area (Å²) in [6.07, 6.45) is 0. The first kappa shape index (κ1) is 31.1. The number of hydrogen-bond acceptors (Lipinski definition) is 3. The predicted molar refractivity (Wildman–Crippen MR) is 231 cm³/mol. The summed E-state index contributed by atoms with van der Waals surface area (Å²) in [6, 6.07) is 59.7. The second-order valence-corrected chi connectivity index (χ2v) is 15.4. The van der Waals surface area contributed by atoms with Gasteiger partial charge in [0.2, 0.25) is 0 Å². The molecule has 0 radical (unpaired) electrons. The van der Waals surface area contributed by atoms with Crippen LogP contribution in [0.3, 0.4) is 0 Å². The molecule has 12 rings (SSSR count). The van der Waals surface area contributed by atoms with E-state index in [4.69, 9.17) is 0 Å². The Balaban J connectivity index is 1.15. The van der Waals surface area contributed by atoms with Gasteiger partial charge in [0.25, 0.3) is 11.8 Å². The zero-order valence-corrected chi connectivity index (χ0v) is 30.6. The molecule has 0 aliphatic carbocycles. The van der Waals surface area contributed by atoms with Gasteiger partial charge in [0.05, 0.1) is 38.9 Å². The van der Waals surface area contributed by atoms with E-state index in [9.17, 15) is 0 Å². The number of anilines is 1. The van der Waals surface area contributed by atoms with Crippen molar-refractivity contribution < 1.29 is 9.59 Å². The van der Waals surface area contributed by atoms with E-state index in [-0.39, 0.29) is 11.8 Å². The van der Waals surface area contributed by atoms with E-state index in [0.717, 1.165) is 66.1 Å². The van der Waals surface area contributed by atoms with E-state index in [0.29, 0.717) is 16.8 Å². The summed E-state index contributed by atoms with van der Waals surface area (Å²) >= 11 is 1.79. The lowest BCUT2D eigenvalue weighted by Gasteiger charge is -2.15. The van der Waals surface area contributed by atoms with E-state index in [1.54, 1.807) is 11.3 Å². The summed E-state index contributed by atoms with van der Waals surface area (Å²) in [7, 11) is 0. The van der Waals surface area contributed by atoms with Crippen molar-refractivity contribution in [3.8, 4) is 22.5 Å². The highest BCUT2D eigenvalue weighted by atomic mass is 32.1. The normalized spacial score (nSPS) is 13.0. The van der Waals surface area contributed by atoms with Crippen LogP contribution in [-0.4, -0.2) is 20.9 Å². The van der Waals surface area contributed by atoms with Gasteiger partial charge in [-0.2, -0.15) is 0 Å². The average Bonchev–Trinajstić information content (AvgIpc) is 3.98. The molecular formula is C50H29N3O2S. The number of amides is 2. The number of thiophene rings is 1. The van der Waals surface area contributed by atoms with Gasteiger partial charge in [-0.15, -0.1) is 11.3 Å². The monoisotopic (exact) mass is 735 g/mol. The van der Waals surface area contributed by atoms with Gasteiger partial charge in [0.1, 0.15) is 0 Å². The topological polar surface area (TPSA) is 47.2 Å². The maximum Gasteiger partial charge on any atom is 0.268 e. The summed E-state index contributed by atoms with van der Waals surface area (Å²) in [5, 5.41) is 6.43. The van der Waals surface area contributed by atoms with Crippen molar-refractivity contribution in [1.29, 1.82) is 0 Å². The zero-order chi connectivity index (χ0) is 37.1. The highest BCUT2D eigenvalue weighted by Gasteiger charge is 2.43. The molecule has 2 amide bonds. The molecule has 0 spiro atoms. The van der Waals surface area contributed by atoms with Gasteiger partial charge >= 0.3 is 0 Å². The number of aromatic nitrogens is 2. The summed E-state index contributed by atoms with van der Waals surface area (Å²) in [4.78, 5) is 32.0. The van der Waals surface area contributed by atoms with Crippen molar-refractivity contribution in [1.82, 2.24) is 9.13 Å². The number of imide groups is 1. The highest BCUT2D eigenvalue weighted by Crippen LogP contribution is 2.49. The molecule has 0 saturated heterocycles. The Kier molecular flexibility index (Phi) is 6.45. The number of rotatable bonds is 4. The predicted octanol–water partition coefficient (Wildman–Crippen LogP) is 12.7. The number of nitrogens with zero attached hydrogens (tertiary/aromatic N) is 3. The molecule has 262 valence electrons. The SMILES string of the molecule is O=C1c2c(c3c(c4ccccc4n3-c3ccccc3)c3c4ccccc4n(-c4ccccc4)c23)C(=O)N1c1ccc(-c2cccc3c2sc2ccccc23)cc1. The van der Waals surface area contributed by atoms with Crippen molar-refractivity contribution in [3.63, 3.8) is 0 Å². The third-order valence-electron chi connectivity index (χ3n) is 11.4. The van der Waals surface area contributed by atoms with Crippen LogP contribution in [-0.2, 0) is 0 Å². The smallest absolute Gasteiger partial charge is 0.268 e. The van der Waals surface area contributed by atoms with E-state index < -0.39 is 0 Å². The molecule has 0 N–H and O–H groups in total. The van der Waals surface area contributed by atoms with Crippen molar-refractivity contribution in [2.24, 2.45) is 0 Å². The van der Waals surface area contributed by atoms with Gasteiger partial charge in [-0.3, -0.25) is 9.59 Å². The maximum atomic E-state index is 15.3. The minimum atomic E-state index is -0.332. The van der Waals surface area contributed by atoms with Crippen molar-refractivity contribution in [3.05, 3.63) is 187 Å². The van der Waals surface area contributed by atoms with Crippen molar-refractivity contribution in [2.45, 2.75) is 0 Å². The molecule has 6 heteroatoms. The molecule has 1 aliphatic rings. The molecule has 0 unspecified atom stereocenters. The van der Waals surface area contributed by atoms with E-state index in [1.807, 2.05) is 84.9 Å². The van der Waals surface area contributed by atoms with Crippen LogP contribution in [0.15, 0.2) is 176 Å². The summed E-state index contributed by atoms with van der Waals surface area (Å²) in [5.74, 6) is -0.665. The van der Waals surface area contributed by atoms with E-state index in [1.165, 1.54) is 25.1 Å². The van der Waals surface area contributed by atoms with Crippen LogP contribution in [0.2, 0.25) is 0 Å². The number of hydrogen-bond donors (Lipinski definition) is 0. The molecule has 0 bridgehead atoms. The minimum absolute atomic E-state index is 0.332. The fourth-order valence-electron chi connectivity index (χ4n) is 9.12. The van der Waals surface area contributed by atoms with Crippen LogP contribution >= 0.6 is 11.3 Å². The first-order valence-corrected chi connectivity index (χ1v) is 19.5. The van der Waals surface area contributed by atoms with E-state index in [2.05, 4.69) is 100 Å². The maximum absolute atomic E-state index is 15.3. The fraction of sp³-hybridized carbons (Fsp3) is 0. The molecule has 56 heavy (non-hydrogen) atoms. The molecule has 8 aromatic carbocycles. The molecule has 4 heterocycles. The number of fused-ring (bicyclic) bond motifs is 13. The Morgan fingerprint density at radius 1 is 0.393 bits per heavy atom.